The molecule has 0 aromatic carbocycles. The van der Waals surface area contributed by atoms with Crippen LogP contribution >= 0.6 is 0 Å². The van der Waals surface area contributed by atoms with Crippen molar-refractivity contribution in [1.29, 1.82) is 0 Å². The molecule has 1 aliphatic rings. The third kappa shape index (κ3) is 4.75. The predicted molar refractivity (Wildman–Crippen MR) is 77.0 cm³/mol. The van der Waals surface area contributed by atoms with E-state index < -0.39 is 0 Å². The lowest BCUT2D eigenvalue weighted by atomic mass is 10.1. The first-order valence-corrected chi connectivity index (χ1v) is 7.39. The van der Waals surface area contributed by atoms with Crippen LogP contribution in [-0.2, 0) is 9.53 Å². The molecular weight excluding hydrogens is 242 g/mol. The standard InChI is InChI=1S/C14H29N3O2/c1-5-16(6-2)14(18)7-13(8-15)17-9-11(3)19-12(4)10-17/h11-13H,5-10,15H2,1-4H3. The summed E-state index contributed by atoms with van der Waals surface area (Å²) in [6.07, 6.45) is 0.931. The van der Waals surface area contributed by atoms with Crippen molar-refractivity contribution in [2.75, 3.05) is 32.7 Å². The van der Waals surface area contributed by atoms with E-state index in [0.717, 1.165) is 26.2 Å². The third-order valence-corrected chi connectivity index (χ3v) is 3.76. The fourth-order valence-corrected chi connectivity index (χ4v) is 2.78. The first-order chi connectivity index (χ1) is 9.01. The Bertz CT molecular complexity index is 272. The number of nitrogens with two attached hydrogens (primary N) is 1. The van der Waals surface area contributed by atoms with Gasteiger partial charge in [0.1, 0.15) is 0 Å². The lowest BCUT2D eigenvalue weighted by molar-refractivity contribution is -0.134. The molecule has 112 valence electrons. The van der Waals surface area contributed by atoms with Crippen molar-refractivity contribution in [3.8, 4) is 0 Å². The minimum atomic E-state index is 0.127. The second-order valence-corrected chi connectivity index (χ2v) is 5.37. The van der Waals surface area contributed by atoms with Gasteiger partial charge in [-0.1, -0.05) is 0 Å². The first-order valence-electron chi connectivity index (χ1n) is 7.39. The van der Waals surface area contributed by atoms with Gasteiger partial charge in [0.05, 0.1) is 12.2 Å². The molecule has 0 bridgehead atoms. The van der Waals surface area contributed by atoms with Crippen molar-refractivity contribution < 1.29 is 9.53 Å². The number of nitrogens with zero attached hydrogens (tertiary/aromatic N) is 2. The molecule has 1 aliphatic heterocycles. The maximum atomic E-state index is 12.2. The van der Waals surface area contributed by atoms with E-state index in [0.29, 0.717) is 13.0 Å². The van der Waals surface area contributed by atoms with Crippen molar-refractivity contribution in [2.45, 2.75) is 52.4 Å². The minimum absolute atomic E-state index is 0.127. The van der Waals surface area contributed by atoms with Crippen LogP contribution in [0.1, 0.15) is 34.1 Å². The highest BCUT2D eigenvalue weighted by Gasteiger charge is 2.29. The topological polar surface area (TPSA) is 58.8 Å². The molecule has 2 N–H and O–H groups in total. The Morgan fingerprint density at radius 3 is 2.26 bits per heavy atom. The molecule has 0 saturated carbocycles. The van der Waals surface area contributed by atoms with E-state index in [1.807, 2.05) is 18.7 Å². The molecule has 1 saturated heterocycles. The minimum Gasteiger partial charge on any atom is -0.373 e. The molecule has 1 rings (SSSR count). The van der Waals surface area contributed by atoms with Crippen LogP contribution < -0.4 is 5.73 Å². The second kappa shape index (κ2) is 7.82. The normalized spacial score (nSPS) is 26.2. The van der Waals surface area contributed by atoms with Crippen LogP contribution in [0.2, 0.25) is 0 Å². The molecule has 1 heterocycles. The molecule has 0 aliphatic carbocycles. The Balaban J connectivity index is 2.59. The number of hydrogen-bond donors (Lipinski definition) is 1. The summed E-state index contributed by atoms with van der Waals surface area (Å²) in [4.78, 5) is 16.4. The van der Waals surface area contributed by atoms with Crippen LogP contribution in [0.4, 0.5) is 0 Å². The summed E-state index contributed by atoms with van der Waals surface area (Å²) < 4.78 is 5.73. The Morgan fingerprint density at radius 2 is 1.84 bits per heavy atom. The van der Waals surface area contributed by atoms with Gasteiger partial charge in [-0.25, -0.2) is 0 Å². The van der Waals surface area contributed by atoms with Gasteiger partial charge in [-0.15, -0.1) is 0 Å². The number of morpholine rings is 1. The molecule has 1 fully saturated rings. The molecule has 0 aromatic rings. The predicted octanol–water partition coefficient (Wildman–Crippen LogP) is 0.681. The number of ether oxygens (including phenoxy) is 1. The zero-order valence-electron chi connectivity index (χ0n) is 12.8. The number of rotatable bonds is 6. The maximum absolute atomic E-state index is 12.2. The fourth-order valence-electron chi connectivity index (χ4n) is 2.78. The summed E-state index contributed by atoms with van der Waals surface area (Å²) in [5.74, 6) is 0.201. The number of carbonyl (C=O) groups excluding carboxylic acids is 1. The van der Waals surface area contributed by atoms with Crippen LogP contribution in [0.15, 0.2) is 0 Å². The molecule has 0 radical (unpaired) electrons. The van der Waals surface area contributed by atoms with E-state index in [2.05, 4.69) is 18.7 Å². The zero-order chi connectivity index (χ0) is 14.4. The van der Waals surface area contributed by atoms with E-state index >= 15 is 0 Å². The molecule has 3 unspecified atom stereocenters. The lowest BCUT2D eigenvalue weighted by Gasteiger charge is -2.40. The van der Waals surface area contributed by atoms with Gasteiger partial charge in [0.15, 0.2) is 0 Å². The quantitative estimate of drug-likeness (QED) is 0.772. The molecule has 5 heteroatoms. The Kier molecular flexibility index (Phi) is 6.75. The summed E-state index contributed by atoms with van der Waals surface area (Å²) in [5.41, 5.74) is 5.87. The highest BCUT2D eigenvalue weighted by Crippen LogP contribution is 2.15. The highest BCUT2D eigenvalue weighted by atomic mass is 16.5. The first kappa shape index (κ1) is 16.4. The van der Waals surface area contributed by atoms with Crippen LogP contribution in [0, 0.1) is 0 Å². The molecule has 19 heavy (non-hydrogen) atoms. The smallest absolute Gasteiger partial charge is 0.224 e. The van der Waals surface area contributed by atoms with E-state index in [1.54, 1.807) is 0 Å². The SMILES string of the molecule is CCN(CC)C(=O)CC(CN)N1CC(C)OC(C)C1. The zero-order valence-corrected chi connectivity index (χ0v) is 12.8. The maximum Gasteiger partial charge on any atom is 0.224 e. The largest absolute Gasteiger partial charge is 0.373 e. The lowest BCUT2D eigenvalue weighted by Crippen LogP contribution is -2.53. The molecule has 0 aromatic heterocycles. The fraction of sp³-hybridized carbons (Fsp3) is 0.929. The average molecular weight is 271 g/mol. The molecule has 3 atom stereocenters. The number of carbonyl (C=O) groups is 1. The van der Waals surface area contributed by atoms with E-state index in [9.17, 15) is 4.79 Å². The van der Waals surface area contributed by atoms with Crippen molar-refractivity contribution in [3.05, 3.63) is 0 Å². The Morgan fingerprint density at radius 1 is 1.32 bits per heavy atom. The van der Waals surface area contributed by atoms with Gasteiger partial charge in [-0.3, -0.25) is 9.69 Å². The van der Waals surface area contributed by atoms with Gasteiger partial charge in [-0.05, 0) is 27.7 Å². The molecule has 5 nitrogen and oxygen atoms in total. The highest BCUT2D eigenvalue weighted by molar-refractivity contribution is 5.76. The second-order valence-electron chi connectivity index (χ2n) is 5.37. The third-order valence-electron chi connectivity index (χ3n) is 3.76. The van der Waals surface area contributed by atoms with Gasteiger partial charge in [0.2, 0.25) is 5.91 Å². The van der Waals surface area contributed by atoms with Gasteiger partial charge >= 0.3 is 0 Å². The van der Waals surface area contributed by atoms with E-state index in [1.165, 1.54) is 0 Å². The van der Waals surface area contributed by atoms with Crippen LogP contribution in [0.3, 0.4) is 0 Å². The molecular formula is C14H29N3O2. The van der Waals surface area contributed by atoms with Crippen molar-refractivity contribution >= 4 is 5.91 Å². The van der Waals surface area contributed by atoms with Crippen molar-refractivity contribution in [1.82, 2.24) is 9.80 Å². The van der Waals surface area contributed by atoms with Crippen LogP contribution in [-0.4, -0.2) is 66.7 Å². The van der Waals surface area contributed by atoms with Crippen LogP contribution in [0.5, 0.6) is 0 Å². The average Bonchev–Trinajstić information content (AvgIpc) is 2.36. The van der Waals surface area contributed by atoms with E-state index in [-0.39, 0.29) is 24.2 Å². The van der Waals surface area contributed by atoms with Gasteiger partial charge in [0, 0.05) is 45.2 Å². The summed E-state index contributed by atoms with van der Waals surface area (Å²) in [7, 11) is 0. The monoisotopic (exact) mass is 271 g/mol. The number of hydrogen-bond acceptors (Lipinski definition) is 4. The summed E-state index contributed by atoms with van der Waals surface area (Å²) >= 11 is 0. The summed E-state index contributed by atoms with van der Waals surface area (Å²) in [5, 5.41) is 0. The van der Waals surface area contributed by atoms with Crippen molar-refractivity contribution in [3.63, 3.8) is 0 Å². The van der Waals surface area contributed by atoms with Gasteiger partial charge < -0.3 is 15.4 Å². The number of amides is 1. The molecule has 1 amide bonds. The summed E-state index contributed by atoms with van der Waals surface area (Å²) in [6.45, 7) is 11.9. The van der Waals surface area contributed by atoms with Crippen LogP contribution in [0.25, 0.3) is 0 Å². The van der Waals surface area contributed by atoms with Crippen molar-refractivity contribution in [2.24, 2.45) is 5.73 Å². The van der Waals surface area contributed by atoms with Gasteiger partial charge in [-0.2, -0.15) is 0 Å². The Hall–Kier alpha value is -0.650. The Labute approximate surface area is 117 Å². The van der Waals surface area contributed by atoms with E-state index in [4.69, 9.17) is 10.5 Å². The van der Waals surface area contributed by atoms with Gasteiger partial charge in [0.25, 0.3) is 0 Å². The summed E-state index contributed by atoms with van der Waals surface area (Å²) in [6, 6.07) is 0.127. The molecule has 0 spiro atoms.